The number of nitrogens with two attached hydrogens (primary N) is 1. The van der Waals surface area contributed by atoms with Gasteiger partial charge in [0.15, 0.2) is 0 Å². The van der Waals surface area contributed by atoms with E-state index in [0.29, 0.717) is 24.3 Å². The number of nitriles is 1. The van der Waals surface area contributed by atoms with E-state index in [-0.39, 0.29) is 12.2 Å². The third-order valence-electron chi connectivity index (χ3n) is 7.44. The zero-order valence-corrected chi connectivity index (χ0v) is 28.7. The van der Waals surface area contributed by atoms with Gasteiger partial charge in [0.25, 0.3) is 0 Å². The SMILES string of the molecule is COc1cccc(C(=O)O)c1C.COc1cccc(CC#N)c1C.COc1cccc(CCN)c1C.COc1cccc(CO)c1C. The maximum absolute atomic E-state index is 10.6. The molecule has 0 saturated heterocycles. The molecule has 0 saturated carbocycles. The Morgan fingerprint density at radius 3 is 1.45 bits per heavy atom. The Kier molecular flexibility index (Phi) is 18.4. The highest BCUT2D eigenvalue weighted by Crippen LogP contribution is 2.23. The molecule has 0 bridgehead atoms. The fourth-order valence-corrected chi connectivity index (χ4v) is 4.58. The number of benzene rings is 4. The van der Waals surface area contributed by atoms with Crippen LogP contribution in [0.1, 0.15) is 49.3 Å². The van der Waals surface area contributed by atoms with Gasteiger partial charge in [0, 0.05) is 5.56 Å². The van der Waals surface area contributed by atoms with E-state index < -0.39 is 5.97 Å². The average molecular weight is 645 g/mol. The molecule has 9 heteroatoms. The van der Waals surface area contributed by atoms with Crippen LogP contribution < -0.4 is 24.7 Å². The highest BCUT2D eigenvalue weighted by Gasteiger charge is 2.09. The van der Waals surface area contributed by atoms with Crippen molar-refractivity contribution in [1.29, 1.82) is 5.26 Å². The van der Waals surface area contributed by atoms with Crippen molar-refractivity contribution < 1.29 is 34.0 Å². The van der Waals surface area contributed by atoms with E-state index in [1.54, 1.807) is 46.5 Å². The second-order valence-corrected chi connectivity index (χ2v) is 10.2. The summed E-state index contributed by atoms with van der Waals surface area (Å²) < 4.78 is 20.4. The predicted octanol–water partition coefficient (Wildman–Crippen LogP) is 6.77. The quantitative estimate of drug-likeness (QED) is 0.180. The summed E-state index contributed by atoms with van der Waals surface area (Å²) in [5.41, 5.74) is 12.9. The van der Waals surface area contributed by atoms with E-state index in [0.717, 1.165) is 45.9 Å². The van der Waals surface area contributed by atoms with Crippen LogP contribution in [0, 0.1) is 39.0 Å². The van der Waals surface area contributed by atoms with Crippen molar-refractivity contribution in [2.45, 2.75) is 47.1 Å². The van der Waals surface area contributed by atoms with Crippen LogP contribution in [0.3, 0.4) is 0 Å². The van der Waals surface area contributed by atoms with Crippen LogP contribution in [0.5, 0.6) is 23.0 Å². The van der Waals surface area contributed by atoms with Crippen LogP contribution >= 0.6 is 0 Å². The third kappa shape index (κ3) is 12.3. The lowest BCUT2D eigenvalue weighted by Crippen LogP contribution is -2.04. The number of carboxylic acids is 1. The predicted molar refractivity (Wildman–Crippen MR) is 186 cm³/mol. The first kappa shape index (κ1) is 40.0. The first-order valence-corrected chi connectivity index (χ1v) is 15.0. The lowest BCUT2D eigenvalue weighted by molar-refractivity contribution is 0.0695. The lowest BCUT2D eigenvalue weighted by atomic mass is 10.1. The zero-order chi connectivity index (χ0) is 35.4. The van der Waals surface area contributed by atoms with Crippen LogP contribution in [0.15, 0.2) is 72.8 Å². The molecule has 0 spiro atoms. The second kappa shape index (κ2) is 21.7. The van der Waals surface area contributed by atoms with Crippen molar-refractivity contribution in [2.24, 2.45) is 5.73 Å². The minimum absolute atomic E-state index is 0.0725. The molecule has 0 unspecified atom stereocenters. The molecule has 0 amide bonds. The van der Waals surface area contributed by atoms with Crippen molar-refractivity contribution in [1.82, 2.24) is 0 Å². The first-order valence-electron chi connectivity index (χ1n) is 15.0. The Balaban J connectivity index is 0.000000314. The van der Waals surface area contributed by atoms with E-state index >= 15 is 0 Å². The Morgan fingerprint density at radius 1 is 0.660 bits per heavy atom. The minimum Gasteiger partial charge on any atom is -0.496 e. The molecule has 0 radical (unpaired) electrons. The molecule has 9 nitrogen and oxygen atoms in total. The molecule has 4 aromatic carbocycles. The van der Waals surface area contributed by atoms with Crippen molar-refractivity contribution in [3.05, 3.63) is 117 Å². The molecule has 0 aliphatic carbocycles. The van der Waals surface area contributed by atoms with E-state index in [2.05, 4.69) is 19.1 Å². The van der Waals surface area contributed by atoms with Gasteiger partial charge in [-0.2, -0.15) is 5.26 Å². The molecule has 0 atom stereocenters. The topological polar surface area (TPSA) is 144 Å². The van der Waals surface area contributed by atoms with Crippen molar-refractivity contribution in [3.63, 3.8) is 0 Å². The van der Waals surface area contributed by atoms with Crippen LogP contribution in [0.4, 0.5) is 0 Å². The molecular weight excluding hydrogens is 596 g/mol. The van der Waals surface area contributed by atoms with E-state index in [4.69, 9.17) is 40.2 Å². The van der Waals surface area contributed by atoms with E-state index in [9.17, 15) is 4.79 Å². The number of aliphatic hydroxyl groups excluding tert-OH is 1. The number of hydrogen-bond donors (Lipinski definition) is 3. The fourth-order valence-electron chi connectivity index (χ4n) is 4.58. The zero-order valence-electron chi connectivity index (χ0n) is 28.7. The molecular formula is C38H48N2O7. The third-order valence-corrected chi connectivity index (χ3v) is 7.44. The number of nitrogens with zero attached hydrogens (tertiary/aromatic N) is 1. The Hall–Kier alpha value is -5.04. The van der Waals surface area contributed by atoms with Gasteiger partial charge < -0.3 is 34.9 Å². The Labute approximate surface area is 279 Å². The van der Waals surface area contributed by atoms with Crippen LogP contribution in [-0.4, -0.2) is 51.2 Å². The van der Waals surface area contributed by atoms with Crippen LogP contribution in [0.2, 0.25) is 0 Å². The minimum atomic E-state index is -0.925. The van der Waals surface area contributed by atoms with Gasteiger partial charge in [0.2, 0.25) is 0 Å². The van der Waals surface area contributed by atoms with Crippen molar-refractivity contribution in [3.8, 4) is 29.1 Å². The van der Waals surface area contributed by atoms with Gasteiger partial charge in [-0.05, 0) is 104 Å². The maximum Gasteiger partial charge on any atom is 0.336 e. The average Bonchev–Trinajstić information content (AvgIpc) is 3.08. The van der Waals surface area contributed by atoms with Gasteiger partial charge in [0.05, 0.1) is 53.1 Å². The van der Waals surface area contributed by atoms with Crippen LogP contribution in [0.25, 0.3) is 0 Å². The summed E-state index contributed by atoms with van der Waals surface area (Å²) in [5.74, 6) is 2.31. The summed E-state index contributed by atoms with van der Waals surface area (Å²) >= 11 is 0. The summed E-state index contributed by atoms with van der Waals surface area (Å²) in [6, 6.07) is 24.5. The number of aromatic carboxylic acids is 1. The van der Waals surface area contributed by atoms with E-state index in [1.807, 2.05) is 62.4 Å². The van der Waals surface area contributed by atoms with Gasteiger partial charge in [0.1, 0.15) is 23.0 Å². The molecule has 4 N–H and O–H groups in total. The molecule has 47 heavy (non-hydrogen) atoms. The lowest BCUT2D eigenvalue weighted by Gasteiger charge is -2.08. The maximum atomic E-state index is 10.6. The number of aliphatic hydroxyl groups is 1. The normalized spacial score (nSPS) is 9.55. The Morgan fingerprint density at radius 2 is 1.04 bits per heavy atom. The number of hydrogen-bond acceptors (Lipinski definition) is 8. The largest absolute Gasteiger partial charge is 0.496 e. The van der Waals surface area contributed by atoms with Gasteiger partial charge in [-0.25, -0.2) is 4.79 Å². The van der Waals surface area contributed by atoms with Gasteiger partial charge in [-0.15, -0.1) is 0 Å². The van der Waals surface area contributed by atoms with E-state index in [1.165, 1.54) is 18.2 Å². The highest BCUT2D eigenvalue weighted by atomic mass is 16.5. The fraction of sp³-hybridized carbons (Fsp3) is 0.316. The van der Waals surface area contributed by atoms with Gasteiger partial charge in [-0.3, -0.25) is 0 Å². The molecule has 0 fully saturated rings. The summed E-state index contributed by atoms with van der Waals surface area (Å²) in [7, 11) is 6.48. The molecule has 0 heterocycles. The monoisotopic (exact) mass is 644 g/mol. The molecule has 0 aliphatic rings. The molecule has 0 aromatic heterocycles. The van der Waals surface area contributed by atoms with Gasteiger partial charge >= 0.3 is 5.97 Å². The molecule has 4 aromatic rings. The van der Waals surface area contributed by atoms with Crippen molar-refractivity contribution >= 4 is 5.97 Å². The summed E-state index contributed by atoms with van der Waals surface area (Å²) in [5, 5.41) is 26.1. The van der Waals surface area contributed by atoms with Crippen molar-refractivity contribution in [2.75, 3.05) is 35.0 Å². The number of methoxy groups -OCH3 is 4. The molecule has 0 aliphatic heterocycles. The molecule has 252 valence electrons. The number of carboxylic acid groups (broad SMARTS) is 1. The number of ether oxygens (including phenoxy) is 4. The summed E-state index contributed by atoms with van der Waals surface area (Å²) in [4.78, 5) is 10.6. The summed E-state index contributed by atoms with van der Waals surface area (Å²) in [6.07, 6.45) is 1.37. The standard InChI is InChI=1S/C10H15NO.C10H11NO.C9H10O3.C9H12O2/c2*1-8-9(6-7-11)4-3-5-10(8)12-2;1-6-7(9(10)11)4-3-5-8(6)12-2;1-7-8(6-10)4-3-5-9(7)11-2/h3-5H,6-7,11H2,1-2H3;3-5H,6H2,1-2H3;3-5H,1-2H3,(H,10,11);3-5,10H,6H2,1-2H3. The number of carbonyl (C=O) groups is 1. The first-order chi connectivity index (χ1) is 22.5. The van der Waals surface area contributed by atoms with Gasteiger partial charge in [-0.1, -0.05) is 42.5 Å². The smallest absolute Gasteiger partial charge is 0.336 e. The second-order valence-electron chi connectivity index (χ2n) is 10.2. The number of rotatable bonds is 9. The molecule has 4 rings (SSSR count). The Bertz CT molecular complexity index is 1570. The summed E-state index contributed by atoms with van der Waals surface area (Å²) in [6.45, 7) is 8.44. The highest BCUT2D eigenvalue weighted by molar-refractivity contribution is 5.90. The van der Waals surface area contributed by atoms with Crippen LogP contribution in [-0.2, 0) is 19.4 Å².